The summed E-state index contributed by atoms with van der Waals surface area (Å²) in [4.78, 5) is 26.4. The smallest absolute Gasteiger partial charge is 0.411 e. The largest absolute Gasteiger partial charge is 0.449 e. The fourth-order valence-corrected chi connectivity index (χ4v) is 3.17. The van der Waals surface area contributed by atoms with Gasteiger partial charge < -0.3 is 15.0 Å². The van der Waals surface area contributed by atoms with Crippen molar-refractivity contribution in [2.45, 2.75) is 25.8 Å². The fraction of sp³-hybridized carbons (Fsp3) is 0.300. The lowest BCUT2D eigenvalue weighted by Gasteiger charge is -2.39. The number of carbonyl (C=O) groups excluding carboxylic acids is 2. The first-order valence-electron chi connectivity index (χ1n) is 8.75. The van der Waals surface area contributed by atoms with Crippen molar-refractivity contribution in [3.8, 4) is 0 Å². The number of fused-ring (bicyclic) bond motifs is 1. The van der Waals surface area contributed by atoms with Gasteiger partial charge in [0, 0.05) is 17.3 Å². The first-order chi connectivity index (χ1) is 12.9. The van der Waals surface area contributed by atoms with Crippen molar-refractivity contribution in [2.24, 2.45) is 0 Å². The van der Waals surface area contributed by atoms with Crippen molar-refractivity contribution in [1.82, 2.24) is 0 Å². The van der Waals surface area contributed by atoms with Crippen LogP contribution in [0.3, 0.4) is 0 Å². The molecule has 0 aliphatic carbocycles. The predicted octanol–water partition coefficient (Wildman–Crippen LogP) is 4.52. The lowest BCUT2D eigenvalue weighted by atomic mass is 9.98. The molecule has 6 nitrogen and oxygen atoms in total. The Morgan fingerprint density at radius 2 is 2.00 bits per heavy atom. The summed E-state index contributed by atoms with van der Waals surface area (Å²) in [5, 5.41) is 6.42. The molecule has 0 unspecified atom stereocenters. The summed E-state index contributed by atoms with van der Waals surface area (Å²) in [6, 6.07) is 14.5. The predicted molar refractivity (Wildman–Crippen MR) is 108 cm³/mol. The van der Waals surface area contributed by atoms with Crippen molar-refractivity contribution in [3.05, 3.63) is 53.6 Å². The van der Waals surface area contributed by atoms with Gasteiger partial charge in [0.1, 0.15) is 5.54 Å². The summed E-state index contributed by atoms with van der Waals surface area (Å²) in [5.74, 6) is -0.00965. The number of amides is 2. The highest BCUT2D eigenvalue weighted by atomic mass is 35.5. The Bertz CT molecular complexity index is 854. The van der Waals surface area contributed by atoms with Crippen LogP contribution in [0, 0.1) is 0 Å². The lowest BCUT2D eigenvalue weighted by Crippen LogP contribution is -2.54. The molecule has 0 saturated carbocycles. The van der Waals surface area contributed by atoms with Crippen molar-refractivity contribution in [3.63, 3.8) is 0 Å². The molecule has 2 amide bonds. The first kappa shape index (κ1) is 19.0. The second-order valence-corrected chi connectivity index (χ2v) is 7.29. The summed E-state index contributed by atoms with van der Waals surface area (Å²) >= 11 is 5.88. The van der Waals surface area contributed by atoms with E-state index in [1.807, 2.05) is 38.1 Å². The third-order valence-electron chi connectivity index (χ3n) is 4.25. The Morgan fingerprint density at radius 3 is 2.78 bits per heavy atom. The van der Waals surface area contributed by atoms with Gasteiger partial charge in [-0.15, -0.1) is 0 Å². The van der Waals surface area contributed by atoms with Crippen molar-refractivity contribution < 1.29 is 14.3 Å². The van der Waals surface area contributed by atoms with E-state index < -0.39 is 11.6 Å². The minimum Gasteiger partial charge on any atom is -0.449 e. The Kier molecular flexibility index (Phi) is 5.56. The number of carbonyl (C=O) groups is 2. The van der Waals surface area contributed by atoms with Crippen molar-refractivity contribution >= 4 is 40.7 Å². The van der Waals surface area contributed by atoms with E-state index in [1.54, 1.807) is 29.2 Å². The minimum atomic E-state index is -0.681. The first-order valence-corrected chi connectivity index (χ1v) is 9.13. The maximum atomic E-state index is 12.7. The van der Waals surface area contributed by atoms with E-state index in [-0.39, 0.29) is 12.5 Å². The average molecular weight is 388 g/mol. The van der Waals surface area contributed by atoms with E-state index in [2.05, 4.69) is 10.6 Å². The summed E-state index contributed by atoms with van der Waals surface area (Å²) in [6.07, 6.45) is -0.0244. The molecule has 0 fully saturated rings. The highest BCUT2D eigenvalue weighted by Gasteiger charge is 2.38. The molecule has 0 radical (unpaired) electrons. The van der Waals surface area contributed by atoms with Gasteiger partial charge in [0.2, 0.25) is 0 Å². The van der Waals surface area contributed by atoms with E-state index in [0.717, 1.165) is 11.4 Å². The Balaban J connectivity index is 1.54. The molecular weight excluding hydrogens is 366 g/mol. The van der Waals surface area contributed by atoms with Gasteiger partial charge in [0.05, 0.1) is 18.0 Å². The zero-order valence-corrected chi connectivity index (χ0v) is 16.0. The van der Waals surface area contributed by atoms with E-state index in [9.17, 15) is 9.59 Å². The number of para-hydroxylation sites is 2. The van der Waals surface area contributed by atoms with Crippen LogP contribution in [0.2, 0.25) is 5.02 Å². The molecule has 0 bridgehead atoms. The molecule has 3 rings (SSSR count). The third-order valence-corrected chi connectivity index (χ3v) is 4.49. The molecule has 2 aromatic rings. The maximum absolute atomic E-state index is 12.7. The van der Waals surface area contributed by atoms with Crippen LogP contribution in [0.1, 0.15) is 20.3 Å². The van der Waals surface area contributed by atoms with Crippen LogP contribution < -0.4 is 15.5 Å². The molecule has 142 valence electrons. The van der Waals surface area contributed by atoms with Gasteiger partial charge in [-0.05, 0) is 50.6 Å². The number of hydrogen-bond acceptors (Lipinski definition) is 4. The number of ether oxygens (including phenoxy) is 1. The Hall–Kier alpha value is -2.73. The molecule has 2 N–H and O–H groups in total. The number of rotatable bonds is 5. The van der Waals surface area contributed by atoms with Crippen LogP contribution in [0.15, 0.2) is 48.5 Å². The molecule has 0 spiro atoms. The van der Waals surface area contributed by atoms with Gasteiger partial charge in [-0.2, -0.15) is 0 Å². The molecule has 1 aliphatic rings. The lowest BCUT2D eigenvalue weighted by molar-refractivity contribution is -0.122. The van der Waals surface area contributed by atoms with Crippen LogP contribution in [0.5, 0.6) is 0 Å². The van der Waals surface area contributed by atoms with Gasteiger partial charge >= 0.3 is 6.09 Å². The Labute approximate surface area is 163 Å². The highest BCUT2D eigenvalue weighted by Crippen LogP contribution is 2.34. The van der Waals surface area contributed by atoms with Crippen LogP contribution in [0.4, 0.5) is 21.9 Å². The van der Waals surface area contributed by atoms with Crippen molar-refractivity contribution in [1.29, 1.82) is 0 Å². The molecule has 0 aromatic heterocycles. The van der Waals surface area contributed by atoms with Crippen LogP contribution in [-0.2, 0) is 9.53 Å². The standard InChI is InChI=1S/C20H22ClN3O3/c1-20(2)18(25)24(17-10-4-3-9-16(17)23-20)11-6-12-27-19(26)22-15-8-5-7-14(21)13-15/h3-5,7-10,13,23H,6,11-12H2,1-2H3,(H,22,26). The summed E-state index contributed by atoms with van der Waals surface area (Å²) in [7, 11) is 0. The van der Waals surface area contributed by atoms with Gasteiger partial charge in [-0.1, -0.05) is 29.8 Å². The summed E-state index contributed by atoms with van der Waals surface area (Å²) in [5.41, 5.74) is 1.64. The average Bonchev–Trinajstić information content (AvgIpc) is 2.61. The monoisotopic (exact) mass is 387 g/mol. The highest BCUT2D eigenvalue weighted by molar-refractivity contribution is 6.30. The second kappa shape index (κ2) is 7.88. The summed E-state index contributed by atoms with van der Waals surface area (Å²) < 4.78 is 5.21. The quantitative estimate of drug-likeness (QED) is 0.740. The number of nitrogens with one attached hydrogen (secondary N) is 2. The molecule has 1 heterocycles. The van der Waals surface area contributed by atoms with E-state index >= 15 is 0 Å². The third kappa shape index (κ3) is 4.52. The van der Waals surface area contributed by atoms with Gasteiger partial charge in [-0.25, -0.2) is 4.79 Å². The van der Waals surface area contributed by atoms with Gasteiger partial charge in [-0.3, -0.25) is 10.1 Å². The van der Waals surface area contributed by atoms with Gasteiger partial charge in [0.15, 0.2) is 0 Å². The fourth-order valence-electron chi connectivity index (χ4n) is 2.98. The zero-order valence-electron chi connectivity index (χ0n) is 15.3. The van der Waals surface area contributed by atoms with E-state index in [4.69, 9.17) is 16.3 Å². The number of benzene rings is 2. The van der Waals surface area contributed by atoms with E-state index in [1.165, 1.54) is 0 Å². The molecule has 0 atom stereocenters. The molecular formula is C20H22ClN3O3. The number of nitrogens with zero attached hydrogens (tertiary/aromatic N) is 1. The molecule has 7 heteroatoms. The molecule has 2 aromatic carbocycles. The van der Waals surface area contributed by atoms with Crippen LogP contribution in [0.25, 0.3) is 0 Å². The minimum absolute atomic E-state index is 0.00965. The number of halogens is 1. The molecule has 0 saturated heterocycles. The number of anilines is 3. The number of hydrogen-bond donors (Lipinski definition) is 2. The normalized spacial score (nSPS) is 14.9. The van der Waals surface area contributed by atoms with Gasteiger partial charge in [0.25, 0.3) is 5.91 Å². The van der Waals surface area contributed by atoms with Crippen molar-refractivity contribution in [2.75, 3.05) is 28.7 Å². The maximum Gasteiger partial charge on any atom is 0.411 e. The van der Waals surface area contributed by atoms with Crippen LogP contribution in [-0.4, -0.2) is 30.7 Å². The topological polar surface area (TPSA) is 70.7 Å². The molecule has 27 heavy (non-hydrogen) atoms. The summed E-state index contributed by atoms with van der Waals surface area (Å²) in [6.45, 7) is 4.37. The second-order valence-electron chi connectivity index (χ2n) is 6.85. The molecule has 1 aliphatic heterocycles. The zero-order chi connectivity index (χ0) is 19.4. The van der Waals surface area contributed by atoms with Crippen LogP contribution >= 0.6 is 11.6 Å². The SMILES string of the molecule is CC1(C)Nc2ccccc2N(CCCOC(=O)Nc2cccc(Cl)c2)C1=O. The van der Waals surface area contributed by atoms with E-state index in [0.29, 0.717) is 23.7 Å². The Morgan fingerprint density at radius 1 is 1.22 bits per heavy atom.